The van der Waals surface area contributed by atoms with E-state index in [2.05, 4.69) is 29.3 Å². The first-order valence-electron chi connectivity index (χ1n) is 8.44. The summed E-state index contributed by atoms with van der Waals surface area (Å²) in [6.07, 6.45) is 1.24. The van der Waals surface area contributed by atoms with Gasteiger partial charge in [-0.25, -0.2) is 0 Å². The highest BCUT2D eigenvalue weighted by Crippen LogP contribution is 2.41. The van der Waals surface area contributed by atoms with Crippen LogP contribution in [0.2, 0.25) is 0 Å². The van der Waals surface area contributed by atoms with Crippen LogP contribution in [0.5, 0.6) is 0 Å². The Morgan fingerprint density at radius 2 is 1.84 bits per heavy atom. The van der Waals surface area contributed by atoms with Gasteiger partial charge in [0.25, 0.3) is 0 Å². The number of hydrogen-bond acceptors (Lipinski definition) is 3. The number of aryl methyl sites for hydroxylation is 1. The van der Waals surface area contributed by atoms with Crippen LogP contribution in [0, 0.1) is 0 Å². The van der Waals surface area contributed by atoms with Gasteiger partial charge in [0.05, 0.1) is 11.3 Å². The molecule has 0 radical (unpaired) electrons. The quantitative estimate of drug-likeness (QED) is 0.615. The van der Waals surface area contributed by atoms with Gasteiger partial charge >= 0.3 is 0 Å². The van der Waals surface area contributed by atoms with Gasteiger partial charge in [0.1, 0.15) is 11.5 Å². The summed E-state index contributed by atoms with van der Waals surface area (Å²) in [5, 5.41) is 7.42. The molecule has 4 nitrogen and oxygen atoms in total. The normalized spacial score (nSPS) is 12.2. The van der Waals surface area contributed by atoms with Crippen LogP contribution in [-0.4, -0.2) is 21.8 Å². The molecule has 0 amide bonds. The molecule has 3 aromatic rings. The number of rotatable bonds is 4. The Bertz CT molecular complexity index is 997. The Balaban J connectivity index is 1.84. The highest BCUT2D eigenvalue weighted by molar-refractivity contribution is 6.24. The van der Waals surface area contributed by atoms with E-state index in [0.29, 0.717) is 16.8 Å². The largest absolute Gasteiger partial charge is 0.300 e. The van der Waals surface area contributed by atoms with Crippen LogP contribution >= 0.6 is 0 Å². The van der Waals surface area contributed by atoms with Crippen molar-refractivity contribution in [1.82, 2.24) is 10.2 Å². The standard InChI is InChI=1S/C21H18N2O2/c1-3-13-7-9-14(10-8-13)19-18-20(23-22-19)16-6-4-5-15(11-12(2)24)17(16)21(18)25/h4-10H,3,11H2,1-2H3,(H,22,23). The maximum Gasteiger partial charge on any atom is 0.198 e. The Hall–Kier alpha value is -3.01. The van der Waals surface area contributed by atoms with E-state index in [0.717, 1.165) is 28.8 Å². The molecule has 1 N–H and O–H groups in total. The lowest BCUT2D eigenvalue weighted by Crippen LogP contribution is -2.06. The van der Waals surface area contributed by atoms with Gasteiger partial charge in [-0.3, -0.25) is 14.7 Å². The molecule has 0 fully saturated rings. The number of carbonyl (C=O) groups is 2. The maximum atomic E-state index is 13.1. The molecule has 1 aliphatic rings. The van der Waals surface area contributed by atoms with Crippen LogP contribution < -0.4 is 0 Å². The minimum Gasteiger partial charge on any atom is -0.300 e. The fourth-order valence-electron chi connectivity index (χ4n) is 3.48. The molecule has 0 atom stereocenters. The summed E-state index contributed by atoms with van der Waals surface area (Å²) in [6.45, 7) is 3.65. The number of H-pyrrole nitrogens is 1. The third kappa shape index (κ3) is 2.41. The second kappa shape index (κ2) is 5.81. The number of nitrogens with zero attached hydrogens (tertiary/aromatic N) is 1. The lowest BCUT2D eigenvalue weighted by atomic mass is 9.97. The minimum absolute atomic E-state index is 0.0465. The zero-order chi connectivity index (χ0) is 17.6. The smallest absolute Gasteiger partial charge is 0.198 e. The highest BCUT2D eigenvalue weighted by Gasteiger charge is 2.34. The molecule has 1 aliphatic carbocycles. The Kier molecular flexibility index (Phi) is 3.61. The van der Waals surface area contributed by atoms with Gasteiger partial charge in [-0.15, -0.1) is 0 Å². The molecule has 0 spiro atoms. The first-order chi connectivity index (χ1) is 12.1. The monoisotopic (exact) mass is 330 g/mol. The van der Waals surface area contributed by atoms with Crippen LogP contribution in [0.1, 0.15) is 40.9 Å². The van der Waals surface area contributed by atoms with Crippen molar-refractivity contribution in [1.29, 1.82) is 0 Å². The summed E-state index contributed by atoms with van der Waals surface area (Å²) in [5.74, 6) is -0.00423. The van der Waals surface area contributed by atoms with E-state index in [4.69, 9.17) is 0 Å². The van der Waals surface area contributed by atoms with Crippen molar-refractivity contribution in [3.05, 3.63) is 64.7 Å². The van der Waals surface area contributed by atoms with Gasteiger partial charge in [-0.05, 0) is 24.5 Å². The SMILES string of the molecule is CCc1ccc(-c2n[nH]c3c2C(=O)c2c(CC(C)=O)cccc2-3)cc1. The first kappa shape index (κ1) is 15.5. The van der Waals surface area contributed by atoms with Crippen molar-refractivity contribution in [2.75, 3.05) is 0 Å². The van der Waals surface area contributed by atoms with E-state index in [1.165, 1.54) is 5.56 Å². The number of benzene rings is 2. The third-order valence-electron chi connectivity index (χ3n) is 4.72. The lowest BCUT2D eigenvalue weighted by Gasteiger charge is -2.06. The van der Waals surface area contributed by atoms with Crippen LogP contribution in [0.25, 0.3) is 22.5 Å². The number of carbonyl (C=O) groups excluding carboxylic acids is 2. The molecule has 0 aliphatic heterocycles. The van der Waals surface area contributed by atoms with E-state index >= 15 is 0 Å². The molecule has 4 rings (SSSR count). The molecular formula is C21H18N2O2. The van der Waals surface area contributed by atoms with E-state index < -0.39 is 0 Å². The number of hydrogen-bond donors (Lipinski definition) is 1. The molecule has 0 saturated carbocycles. The molecule has 2 aromatic carbocycles. The van der Waals surface area contributed by atoms with Crippen molar-refractivity contribution in [2.45, 2.75) is 26.7 Å². The zero-order valence-corrected chi connectivity index (χ0v) is 14.2. The van der Waals surface area contributed by atoms with Gasteiger partial charge in [0.15, 0.2) is 5.78 Å². The first-order valence-corrected chi connectivity index (χ1v) is 8.44. The summed E-state index contributed by atoms with van der Waals surface area (Å²) in [4.78, 5) is 24.6. The number of nitrogens with one attached hydrogen (secondary N) is 1. The van der Waals surface area contributed by atoms with Crippen LogP contribution in [0.15, 0.2) is 42.5 Å². The van der Waals surface area contributed by atoms with Crippen LogP contribution in [0.3, 0.4) is 0 Å². The Morgan fingerprint density at radius 3 is 2.52 bits per heavy atom. The Morgan fingerprint density at radius 1 is 1.08 bits per heavy atom. The zero-order valence-electron chi connectivity index (χ0n) is 14.2. The summed E-state index contributed by atoms with van der Waals surface area (Å²) >= 11 is 0. The number of aromatic nitrogens is 2. The topological polar surface area (TPSA) is 62.8 Å². The van der Waals surface area contributed by atoms with Crippen molar-refractivity contribution in [2.24, 2.45) is 0 Å². The molecular weight excluding hydrogens is 312 g/mol. The predicted molar refractivity (Wildman–Crippen MR) is 96.7 cm³/mol. The van der Waals surface area contributed by atoms with E-state index in [-0.39, 0.29) is 18.0 Å². The number of Topliss-reactive ketones (excluding diaryl/α,β-unsaturated/α-hetero) is 1. The second-order valence-corrected chi connectivity index (χ2v) is 6.42. The molecule has 4 heteroatoms. The Labute approximate surface area is 145 Å². The molecule has 1 heterocycles. The van der Waals surface area contributed by atoms with Crippen molar-refractivity contribution >= 4 is 11.6 Å². The fourth-order valence-corrected chi connectivity index (χ4v) is 3.48. The maximum absolute atomic E-state index is 13.1. The molecule has 0 bridgehead atoms. The van der Waals surface area contributed by atoms with Gasteiger partial charge < -0.3 is 0 Å². The number of ketones is 2. The predicted octanol–water partition coefficient (Wildman–Crippen LogP) is 3.98. The van der Waals surface area contributed by atoms with Crippen molar-refractivity contribution < 1.29 is 9.59 Å². The van der Waals surface area contributed by atoms with Gasteiger partial charge in [0.2, 0.25) is 0 Å². The van der Waals surface area contributed by atoms with E-state index in [1.807, 2.05) is 30.3 Å². The van der Waals surface area contributed by atoms with Crippen molar-refractivity contribution in [3.63, 3.8) is 0 Å². The average molecular weight is 330 g/mol. The fraction of sp³-hybridized carbons (Fsp3) is 0.190. The molecule has 0 saturated heterocycles. The van der Waals surface area contributed by atoms with Gasteiger partial charge in [-0.1, -0.05) is 49.4 Å². The molecule has 1 aromatic heterocycles. The summed E-state index contributed by atoms with van der Waals surface area (Å²) < 4.78 is 0. The average Bonchev–Trinajstić information content (AvgIpc) is 3.16. The molecule has 0 unspecified atom stereocenters. The minimum atomic E-state index is -0.0508. The summed E-state index contributed by atoms with van der Waals surface area (Å²) in [6, 6.07) is 13.8. The van der Waals surface area contributed by atoms with Gasteiger partial charge in [0, 0.05) is 23.1 Å². The highest BCUT2D eigenvalue weighted by atomic mass is 16.1. The van der Waals surface area contributed by atoms with Crippen LogP contribution in [0.4, 0.5) is 0 Å². The second-order valence-electron chi connectivity index (χ2n) is 6.42. The molecule has 124 valence electrons. The van der Waals surface area contributed by atoms with E-state index in [9.17, 15) is 9.59 Å². The van der Waals surface area contributed by atoms with Gasteiger partial charge in [-0.2, -0.15) is 5.10 Å². The lowest BCUT2D eigenvalue weighted by molar-refractivity contribution is -0.116. The third-order valence-corrected chi connectivity index (χ3v) is 4.72. The summed E-state index contributed by atoms with van der Waals surface area (Å²) in [7, 11) is 0. The number of fused-ring (bicyclic) bond motifs is 3. The number of aromatic amines is 1. The molecule has 25 heavy (non-hydrogen) atoms. The van der Waals surface area contributed by atoms with E-state index in [1.54, 1.807) is 6.92 Å². The summed E-state index contributed by atoms with van der Waals surface area (Å²) in [5.41, 5.74) is 6.45. The van der Waals surface area contributed by atoms with Crippen molar-refractivity contribution in [3.8, 4) is 22.5 Å². The van der Waals surface area contributed by atoms with Crippen LogP contribution in [-0.2, 0) is 17.6 Å².